The highest BCUT2D eigenvalue weighted by molar-refractivity contribution is 6.29. The highest BCUT2D eigenvalue weighted by Gasteiger charge is 2.20. The van der Waals surface area contributed by atoms with E-state index in [9.17, 15) is 0 Å². The predicted molar refractivity (Wildman–Crippen MR) is 112 cm³/mol. The van der Waals surface area contributed by atoms with Crippen LogP contribution < -0.4 is 20.1 Å². The molecule has 2 N–H and O–H groups in total. The van der Waals surface area contributed by atoms with E-state index in [1.54, 1.807) is 26.4 Å². The van der Waals surface area contributed by atoms with Gasteiger partial charge in [0.2, 0.25) is 0 Å². The van der Waals surface area contributed by atoms with Crippen LogP contribution in [0.2, 0.25) is 5.15 Å². The highest BCUT2D eigenvalue weighted by Crippen LogP contribution is 2.34. The van der Waals surface area contributed by atoms with Gasteiger partial charge in [0.05, 0.1) is 13.2 Å². The summed E-state index contributed by atoms with van der Waals surface area (Å²) in [6.45, 7) is 1.19. The van der Waals surface area contributed by atoms with Gasteiger partial charge >= 0.3 is 0 Å². The van der Waals surface area contributed by atoms with Gasteiger partial charge in [-0.25, -0.2) is 4.98 Å². The summed E-state index contributed by atoms with van der Waals surface area (Å²) in [7, 11) is 3.42. The molecule has 0 aliphatic heterocycles. The van der Waals surface area contributed by atoms with Crippen LogP contribution in [0.1, 0.15) is 36.8 Å². The summed E-state index contributed by atoms with van der Waals surface area (Å²) in [4.78, 5) is 8.38. The molecule has 1 aliphatic rings. The lowest BCUT2D eigenvalue weighted by atomic mass is 10.1. The van der Waals surface area contributed by atoms with E-state index >= 15 is 0 Å². The summed E-state index contributed by atoms with van der Waals surface area (Å²) in [6, 6.07) is 9.68. The molecule has 0 amide bonds. The molecule has 7 heteroatoms. The summed E-state index contributed by atoms with van der Waals surface area (Å²) in [5.41, 5.74) is 2.07. The number of ether oxygens (including phenoxy) is 2. The van der Waals surface area contributed by atoms with Gasteiger partial charge in [-0.15, -0.1) is 0 Å². The second-order valence-electron chi connectivity index (χ2n) is 6.74. The van der Waals surface area contributed by atoms with Crippen molar-refractivity contribution in [1.29, 1.82) is 0 Å². The average Bonchev–Trinajstić information content (AvgIpc) is 3.23. The molecule has 1 aliphatic carbocycles. The molecule has 0 bridgehead atoms. The second kappa shape index (κ2) is 10.2. The van der Waals surface area contributed by atoms with Gasteiger partial charge in [0.1, 0.15) is 5.15 Å². The Morgan fingerprint density at radius 1 is 1.18 bits per heavy atom. The Morgan fingerprint density at radius 3 is 2.64 bits per heavy atom. The van der Waals surface area contributed by atoms with Crippen molar-refractivity contribution in [1.82, 2.24) is 15.6 Å². The normalized spacial score (nSPS) is 14.8. The Bertz CT molecular complexity index is 789. The van der Waals surface area contributed by atoms with E-state index in [0.717, 1.165) is 35.5 Å². The molecule has 0 unspecified atom stereocenters. The summed E-state index contributed by atoms with van der Waals surface area (Å²) in [5, 5.41) is 7.11. The maximum Gasteiger partial charge on any atom is 0.191 e. The first kappa shape index (κ1) is 20.3. The minimum absolute atomic E-state index is 0.268. The lowest BCUT2D eigenvalue weighted by Gasteiger charge is -2.20. The summed E-state index contributed by atoms with van der Waals surface area (Å²) < 4.78 is 11.8. The monoisotopic (exact) mass is 402 g/mol. The number of benzene rings is 1. The van der Waals surface area contributed by atoms with Gasteiger partial charge in [0, 0.05) is 31.9 Å². The molecule has 0 saturated heterocycles. The number of aliphatic imine (C=N–C) groups is 1. The fraction of sp³-hybridized carbons (Fsp3) is 0.429. The second-order valence-corrected chi connectivity index (χ2v) is 7.13. The maximum atomic E-state index is 6.29. The molecular formula is C21H27ClN4O2. The van der Waals surface area contributed by atoms with Gasteiger partial charge in [-0.05, 0) is 43.4 Å². The molecule has 150 valence electrons. The van der Waals surface area contributed by atoms with Crippen LogP contribution in [0.25, 0.3) is 0 Å². The molecule has 6 nitrogen and oxygen atoms in total. The largest absolute Gasteiger partial charge is 0.493 e. The van der Waals surface area contributed by atoms with E-state index in [4.69, 9.17) is 21.1 Å². The number of hydrogen-bond donors (Lipinski definition) is 2. The zero-order chi connectivity index (χ0) is 19.8. The molecular weight excluding hydrogens is 376 g/mol. The minimum atomic E-state index is 0.268. The topological polar surface area (TPSA) is 67.8 Å². The van der Waals surface area contributed by atoms with E-state index in [1.165, 1.54) is 12.8 Å². The molecule has 1 aromatic heterocycles. The number of nitrogens with one attached hydrogen (secondary N) is 2. The third-order valence-electron chi connectivity index (χ3n) is 4.79. The van der Waals surface area contributed by atoms with Crippen LogP contribution >= 0.6 is 11.6 Å². The van der Waals surface area contributed by atoms with Crippen LogP contribution in [0.3, 0.4) is 0 Å². The maximum absolute atomic E-state index is 6.29. The number of hydrogen-bond acceptors (Lipinski definition) is 4. The summed E-state index contributed by atoms with van der Waals surface area (Å²) in [6.07, 6.45) is 6.67. The van der Waals surface area contributed by atoms with Gasteiger partial charge in [-0.2, -0.15) is 0 Å². The SMILES string of the molecule is CN=C(NCc1ccc(Cl)nc1)NCc1cccc(OC)c1OC1CCCC1. The molecule has 3 rings (SSSR count). The quantitative estimate of drug-likeness (QED) is 0.417. The summed E-state index contributed by atoms with van der Waals surface area (Å²) >= 11 is 5.83. The van der Waals surface area contributed by atoms with Gasteiger partial charge < -0.3 is 20.1 Å². The van der Waals surface area contributed by atoms with Gasteiger partial charge in [-0.3, -0.25) is 4.99 Å². The standard InChI is InChI=1S/C21H27ClN4O2/c1-23-21(25-13-15-10-11-19(22)24-12-15)26-14-16-6-5-9-18(27-2)20(16)28-17-7-3-4-8-17/h5-6,9-12,17H,3-4,7-8,13-14H2,1-2H3,(H2,23,25,26). The first-order valence-corrected chi connectivity index (χ1v) is 9.95. The molecule has 1 fully saturated rings. The van der Waals surface area contributed by atoms with E-state index < -0.39 is 0 Å². The molecule has 0 atom stereocenters. The van der Waals surface area contributed by atoms with Crippen molar-refractivity contribution in [2.24, 2.45) is 4.99 Å². The molecule has 0 spiro atoms. The fourth-order valence-electron chi connectivity index (χ4n) is 3.26. The van der Waals surface area contributed by atoms with Gasteiger partial charge in [0.15, 0.2) is 17.5 Å². The number of para-hydroxylation sites is 1. The van der Waals surface area contributed by atoms with Crippen molar-refractivity contribution in [3.8, 4) is 11.5 Å². The smallest absolute Gasteiger partial charge is 0.191 e. The summed E-state index contributed by atoms with van der Waals surface area (Å²) in [5.74, 6) is 2.28. The Balaban J connectivity index is 1.62. The lowest BCUT2D eigenvalue weighted by Crippen LogP contribution is -2.36. The van der Waals surface area contributed by atoms with Crippen LogP contribution in [-0.2, 0) is 13.1 Å². The number of nitrogens with zero attached hydrogens (tertiary/aromatic N) is 2. The first-order chi connectivity index (χ1) is 13.7. The Kier molecular flexibility index (Phi) is 7.37. The molecule has 0 radical (unpaired) electrons. The van der Waals surface area contributed by atoms with Gasteiger partial charge in [-0.1, -0.05) is 29.8 Å². The average molecular weight is 403 g/mol. The number of guanidine groups is 1. The fourth-order valence-corrected chi connectivity index (χ4v) is 3.38. The van der Waals surface area contributed by atoms with Crippen molar-refractivity contribution in [2.75, 3.05) is 14.2 Å². The van der Waals surface area contributed by atoms with E-state index in [1.807, 2.05) is 18.2 Å². The number of rotatable bonds is 7. The van der Waals surface area contributed by atoms with Crippen molar-refractivity contribution < 1.29 is 9.47 Å². The third-order valence-corrected chi connectivity index (χ3v) is 5.01. The Morgan fingerprint density at radius 2 is 1.96 bits per heavy atom. The zero-order valence-electron chi connectivity index (χ0n) is 16.4. The molecule has 2 aromatic rings. The van der Waals surface area contributed by atoms with E-state index in [2.05, 4.69) is 26.7 Å². The van der Waals surface area contributed by atoms with Gasteiger partial charge in [0.25, 0.3) is 0 Å². The highest BCUT2D eigenvalue weighted by atomic mass is 35.5. The van der Waals surface area contributed by atoms with Crippen LogP contribution in [0, 0.1) is 0 Å². The zero-order valence-corrected chi connectivity index (χ0v) is 17.1. The lowest BCUT2D eigenvalue weighted by molar-refractivity contribution is 0.198. The van der Waals surface area contributed by atoms with Crippen LogP contribution in [-0.4, -0.2) is 31.2 Å². The Labute approximate surface area is 171 Å². The van der Waals surface area contributed by atoms with Crippen molar-refractivity contribution in [3.05, 3.63) is 52.8 Å². The number of halogens is 1. The Hall–Kier alpha value is -2.47. The number of pyridine rings is 1. The van der Waals surface area contributed by atoms with Crippen LogP contribution in [0.4, 0.5) is 0 Å². The van der Waals surface area contributed by atoms with E-state index in [-0.39, 0.29) is 6.10 Å². The first-order valence-electron chi connectivity index (χ1n) is 9.57. The molecule has 28 heavy (non-hydrogen) atoms. The number of aromatic nitrogens is 1. The molecule has 1 saturated carbocycles. The van der Waals surface area contributed by atoms with Crippen LogP contribution in [0.5, 0.6) is 11.5 Å². The van der Waals surface area contributed by atoms with E-state index in [0.29, 0.717) is 24.2 Å². The molecule has 1 heterocycles. The number of methoxy groups -OCH3 is 1. The predicted octanol–water partition coefficient (Wildman–Crippen LogP) is 3.93. The van der Waals surface area contributed by atoms with Crippen LogP contribution in [0.15, 0.2) is 41.5 Å². The molecule has 1 aromatic carbocycles. The van der Waals surface area contributed by atoms with Crippen molar-refractivity contribution in [2.45, 2.75) is 44.9 Å². The third kappa shape index (κ3) is 5.52. The minimum Gasteiger partial charge on any atom is -0.493 e. The van der Waals surface area contributed by atoms with Crippen molar-refractivity contribution in [3.63, 3.8) is 0 Å². The van der Waals surface area contributed by atoms with Crippen molar-refractivity contribution >= 4 is 17.6 Å².